The highest BCUT2D eigenvalue weighted by atomic mass is 14.9. The van der Waals surface area contributed by atoms with Crippen LogP contribution in [-0.4, -0.2) is 18.8 Å². The molecule has 1 heterocycles. The van der Waals surface area contributed by atoms with Gasteiger partial charge in [0.05, 0.1) is 12.3 Å². The van der Waals surface area contributed by atoms with E-state index < -0.39 is 0 Å². The number of hydrogen-bond donors (Lipinski definition) is 1. The molecular formula is C18H16N2. The highest BCUT2D eigenvalue weighted by molar-refractivity contribution is 6.18. The molecule has 0 atom stereocenters. The fraction of sp³-hybridized carbons (Fsp3) is 0.167. The summed E-state index contributed by atoms with van der Waals surface area (Å²) < 4.78 is 0. The molecule has 0 spiro atoms. The van der Waals surface area contributed by atoms with Crippen molar-refractivity contribution in [3.05, 3.63) is 76.9 Å². The van der Waals surface area contributed by atoms with E-state index in [-0.39, 0.29) is 0 Å². The van der Waals surface area contributed by atoms with Crippen LogP contribution in [0.5, 0.6) is 0 Å². The molecule has 20 heavy (non-hydrogen) atoms. The van der Waals surface area contributed by atoms with Crippen molar-refractivity contribution in [3.8, 4) is 0 Å². The molecule has 2 aromatic carbocycles. The maximum atomic E-state index is 4.82. The zero-order valence-electron chi connectivity index (χ0n) is 11.3. The Morgan fingerprint density at radius 3 is 2.60 bits per heavy atom. The second kappa shape index (κ2) is 4.64. The Morgan fingerprint density at radius 1 is 0.900 bits per heavy atom. The smallest absolute Gasteiger partial charge is 0.0703 e. The van der Waals surface area contributed by atoms with E-state index in [0.717, 1.165) is 25.2 Å². The third-order valence-corrected chi connectivity index (χ3v) is 3.97. The van der Waals surface area contributed by atoms with E-state index in [2.05, 4.69) is 59.9 Å². The van der Waals surface area contributed by atoms with Gasteiger partial charge in [0.2, 0.25) is 0 Å². The third-order valence-electron chi connectivity index (χ3n) is 3.97. The summed E-state index contributed by atoms with van der Waals surface area (Å²) in [5, 5.41) is 3.56. The molecule has 0 aromatic heterocycles. The SMILES string of the molecule is c1ccc(C2=NCCNC3=C2Cc2ccccc23)cc1. The van der Waals surface area contributed by atoms with E-state index in [9.17, 15) is 0 Å². The first-order valence-corrected chi connectivity index (χ1v) is 7.09. The van der Waals surface area contributed by atoms with E-state index >= 15 is 0 Å². The van der Waals surface area contributed by atoms with Crippen molar-refractivity contribution in [1.29, 1.82) is 0 Å². The molecule has 0 saturated carbocycles. The number of fused-ring (bicyclic) bond motifs is 2. The summed E-state index contributed by atoms with van der Waals surface area (Å²) in [5.74, 6) is 0. The van der Waals surface area contributed by atoms with Crippen molar-refractivity contribution < 1.29 is 0 Å². The summed E-state index contributed by atoms with van der Waals surface area (Å²) in [7, 11) is 0. The number of aliphatic imine (C=N–C) groups is 1. The Labute approximate surface area is 118 Å². The lowest BCUT2D eigenvalue weighted by Gasteiger charge is -2.09. The molecular weight excluding hydrogens is 244 g/mol. The van der Waals surface area contributed by atoms with Gasteiger partial charge in [0.1, 0.15) is 0 Å². The van der Waals surface area contributed by atoms with Crippen molar-refractivity contribution in [2.75, 3.05) is 13.1 Å². The monoisotopic (exact) mass is 260 g/mol. The highest BCUT2D eigenvalue weighted by Gasteiger charge is 2.26. The average molecular weight is 260 g/mol. The predicted molar refractivity (Wildman–Crippen MR) is 82.9 cm³/mol. The molecule has 2 heteroatoms. The van der Waals surface area contributed by atoms with E-state index in [1.807, 2.05) is 0 Å². The minimum absolute atomic E-state index is 0.833. The number of nitrogens with zero attached hydrogens (tertiary/aromatic N) is 1. The first kappa shape index (κ1) is 11.5. The number of nitrogens with one attached hydrogen (secondary N) is 1. The first-order valence-electron chi connectivity index (χ1n) is 7.09. The van der Waals surface area contributed by atoms with Gasteiger partial charge in [-0.25, -0.2) is 0 Å². The molecule has 1 aliphatic heterocycles. The molecule has 2 aromatic rings. The van der Waals surface area contributed by atoms with Crippen molar-refractivity contribution >= 4 is 11.4 Å². The summed E-state index contributed by atoms with van der Waals surface area (Å²) in [6.07, 6.45) is 0.978. The lowest BCUT2D eigenvalue weighted by atomic mass is 10.00. The van der Waals surface area contributed by atoms with Crippen molar-refractivity contribution in [2.24, 2.45) is 4.99 Å². The molecule has 0 fully saturated rings. The van der Waals surface area contributed by atoms with Gasteiger partial charge < -0.3 is 5.32 Å². The summed E-state index contributed by atoms with van der Waals surface area (Å²) >= 11 is 0. The molecule has 0 saturated heterocycles. The zero-order valence-corrected chi connectivity index (χ0v) is 11.3. The molecule has 0 bridgehead atoms. The summed E-state index contributed by atoms with van der Waals surface area (Å²) in [6, 6.07) is 19.2. The largest absolute Gasteiger partial charge is 0.382 e. The average Bonchev–Trinajstić information content (AvgIpc) is 2.74. The van der Waals surface area contributed by atoms with Gasteiger partial charge in [-0.3, -0.25) is 4.99 Å². The Balaban J connectivity index is 1.86. The predicted octanol–water partition coefficient (Wildman–Crippen LogP) is 3.05. The molecule has 98 valence electrons. The zero-order chi connectivity index (χ0) is 13.4. The normalized spacial score (nSPS) is 16.9. The van der Waals surface area contributed by atoms with Crippen LogP contribution >= 0.6 is 0 Å². The first-order chi connectivity index (χ1) is 9.93. The second-order valence-electron chi connectivity index (χ2n) is 5.21. The van der Waals surface area contributed by atoms with E-state index in [0.29, 0.717) is 0 Å². The number of allylic oxidation sites excluding steroid dienone is 1. The minimum atomic E-state index is 0.833. The lowest BCUT2D eigenvalue weighted by molar-refractivity contribution is 0.867. The van der Waals surface area contributed by atoms with E-state index in [1.165, 1.54) is 28.0 Å². The fourth-order valence-electron chi connectivity index (χ4n) is 3.07. The van der Waals surface area contributed by atoms with Crippen molar-refractivity contribution in [2.45, 2.75) is 6.42 Å². The summed E-state index contributed by atoms with van der Waals surface area (Å²) in [4.78, 5) is 4.82. The van der Waals surface area contributed by atoms with Crippen LogP contribution in [0.4, 0.5) is 0 Å². The molecule has 0 unspecified atom stereocenters. The summed E-state index contributed by atoms with van der Waals surface area (Å²) in [6.45, 7) is 1.74. The Morgan fingerprint density at radius 2 is 1.70 bits per heavy atom. The third kappa shape index (κ3) is 1.76. The van der Waals surface area contributed by atoms with Crippen molar-refractivity contribution in [1.82, 2.24) is 5.32 Å². The maximum Gasteiger partial charge on any atom is 0.0703 e. The van der Waals surface area contributed by atoms with Gasteiger partial charge in [0.25, 0.3) is 0 Å². The number of rotatable bonds is 1. The minimum Gasteiger partial charge on any atom is -0.382 e. The number of benzene rings is 2. The molecule has 0 radical (unpaired) electrons. The maximum absolute atomic E-state index is 4.82. The Bertz CT molecular complexity index is 711. The van der Waals surface area contributed by atoms with Crippen LogP contribution in [-0.2, 0) is 6.42 Å². The fourth-order valence-corrected chi connectivity index (χ4v) is 3.07. The van der Waals surface area contributed by atoms with Gasteiger partial charge in [-0.15, -0.1) is 0 Å². The van der Waals surface area contributed by atoms with Gasteiger partial charge >= 0.3 is 0 Å². The molecule has 1 aliphatic carbocycles. The Kier molecular flexibility index (Phi) is 2.66. The van der Waals surface area contributed by atoms with Crippen LogP contribution in [0.15, 0.2) is 65.2 Å². The Hall–Kier alpha value is -2.35. The second-order valence-corrected chi connectivity index (χ2v) is 5.21. The molecule has 0 amide bonds. The van der Waals surface area contributed by atoms with Crippen LogP contribution in [0.1, 0.15) is 16.7 Å². The van der Waals surface area contributed by atoms with Crippen LogP contribution in [0, 0.1) is 0 Å². The van der Waals surface area contributed by atoms with Gasteiger partial charge in [0, 0.05) is 35.4 Å². The van der Waals surface area contributed by atoms with Gasteiger partial charge in [-0.05, 0) is 5.56 Å². The van der Waals surface area contributed by atoms with Crippen LogP contribution in [0.25, 0.3) is 5.70 Å². The highest BCUT2D eigenvalue weighted by Crippen LogP contribution is 2.33. The lowest BCUT2D eigenvalue weighted by Crippen LogP contribution is -2.14. The summed E-state index contributed by atoms with van der Waals surface area (Å²) in [5.41, 5.74) is 7.73. The molecule has 4 rings (SSSR count). The topological polar surface area (TPSA) is 24.4 Å². The van der Waals surface area contributed by atoms with E-state index in [1.54, 1.807) is 0 Å². The quantitative estimate of drug-likeness (QED) is 0.837. The molecule has 2 nitrogen and oxygen atoms in total. The van der Waals surface area contributed by atoms with E-state index in [4.69, 9.17) is 4.99 Å². The van der Waals surface area contributed by atoms with Crippen molar-refractivity contribution in [3.63, 3.8) is 0 Å². The van der Waals surface area contributed by atoms with Gasteiger partial charge in [0.15, 0.2) is 0 Å². The van der Waals surface area contributed by atoms with Crippen LogP contribution in [0.2, 0.25) is 0 Å². The standard InChI is InChI=1S/C18H16N2/c1-2-6-13(7-3-1)17-16-12-14-8-4-5-9-15(14)18(16)20-11-10-19-17/h1-9,20H,10-12H2. The number of hydrogen-bond acceptors (Lipinski definition) is 2. The van der Waals surface area contributed by atoms with Gasteiger partial charge in [-0.1, -0.05) is 54.6 Å². The van der Waals surface area contributed by atoms with Crippen LogP contribution in [0.3, 0.4) is 0 Å². The molecule has 2 aliphatic rings. The van der Waals surface area contributed by atoms with Gasteiger partial charge in [-0.2, -0.15) is 0 Å². The van der Waals surface area contributed by atoms with Crippen LogP contribution < -0.4 is 5.32 Å². The molecule has 1 N–H and O–H groups in total.